The minimum Gasteiger partial charge on any atom is -0.497 e. The largest absolute Gasteiger partial charge is 0.497 e. The maximum absolute atomic E-state index is 13.8. The third kappa shape index (κ3) is 4.30. The number of anilines is 1. The fourth-order valence-corrected chi connectivity index (χ4v) is 2.83. The van der Waals surface area contributed by atoms with Crippen LogP contribution in [0.1, 0.15) is 12.2 Å². The summed E-state index contributed by atoms with van der Waals surface area (Å²) in [4.78, 5) is 19.0. The minimum absolute atomic E-state index is 0.326. The molecule has 1 aliphatic rings. The molecule has 1 aromatic heterocycles. The van der Waals surface area contributed by atoms with Crippen molar-refractivity contribution in [3.05, 3.63) is 60.1 Å². The normalized spacial score (nSPS) is 17.5. The van der Waals surface area contributed by atoms with Gasteiger partial charge in [0.25, 0.3) is 0 Å². The Bertz CT molecular complexity index is 835. The predicted molar refractivity (Wildman–Crippen MR) is 101 cm³/mol. The van der Waals surface area contributed by atoms with Gasteiger partial charge in [0.15, 0.2) is 0 Å². The van der Waals surface area contributed by atoms with E-state index in [1.807, 2.05) is 6.07 Å². The van der Waals surface area contributed by atoms with Crippen molar-refractivity contribution in [3.8, 4) is 5.75 Å². The fraction of sp³-hybridized carbons (Fsp3) is 0.263. The first-order valence-electron chi connectivity index (χ1n) is 8.23. The first kappa shape index (κ1) is 17.7. The van der Waals surface area contributed by atoms with Crippen molar-refractivity contribution in [3.63, 3.8) is 0 Å². The molecule has 6 nitrogen and oxygen atoms in total. The van der Waals surface area contributed by atoms with Gasteiger partial charge in [-0.05, 0) is 18.9 Å². The van der Waals surface area contributed by atoms with Gasteiger partial charge in [-0.1, -0.05) is 0 Å². The minimum atomic E-state index is -0.326. The highest BCUT2D eigenvalue weighted by Gasteiger charge is 2.21. The van der Waals surface area contributed by atoms with Crippen LogP contribution in [-0.4, -0.2) is 42.6 Å². The number of halogens is 1. The van der Waals surface area contributed by atoms with Crippen LogP contribution in [0.5, 0.6) is 5.75 Å². The van der Waals surface area contributed by atoms with E-state index in [2.05, 4.69) is 31.6 Å². The summed E-state index contributed by atoms with van der Waals surface area (Å²) in [5.74, 6) is 0.837. The number of methoxy groups -OCH3 is 1. The number of hydrogen-bond acceptors (Lipinski definition) is 6. The molecule has 1 aliphatic heterocycles. The van der Waals surface area contributed by atoms with E-state index in [0.717, 1.165) is 23.5 Å². The van der Waals surface area contributed by atoms with Gasteiger partial charge in [0.2, 0.25) is 0 Å². The lowest BCUT2D eigenvalue weighted by Gasteiger charge is -2.31. The van der Waals surface area contributed by atoms with Crippen LogP contribution in [0.15, 0.2) is 58.4 Å². The molecular weight excluding hydrogens is 333 g/mol. The van der Waals surface area contributed by atoms with Crippen LogP contribution in [0.25, 0.3) is 0 Å². The highest BCUT2D eigenvalue weighted by Crippen LogP contribution is 2.27. The highest BCUT2D eigenvalue weighted by molar-refractivity contribution is 6.02. The number of aromatic nitrogens is 2. The molecule has 3 rings (SSSR count). The van der Waals surface area contributed by atoms with E-state index in [0.29, 0.717) is 31.1 Å². The Morgan fingerprint density at radius 3 is 2.85 bits per heavy atom. The van der Waals surface area contributed by atoms with Crippen molar-refractivity contribution >= 4 is 18.1 Å². The quantitative estimate of drug-likeness (QED) is 0.775. The maximum atomic E-state index is 13.8. The third-order valence-electron chi connectivity index (χ3n) is 4.09. The molecule has 0 radical (unpaired) electrons. The van der Waals surface area contributed by atoms with Crippen LogP contribution in [-0.2, 0) is 6.54 Å². The van der Waals surface area contributed by atoms with E-state index in [1.165, 1.54) is 19.2 Å². The molecule has 134 valence electrons. The molecule has 1 aromatic carbocycles. The Balaban J connectivity index is 1.79. The van der Waals surface area contributed by atoms with E-state index in [4.69, 9.17) is 4.74 Å². The van der Waals surface area contributed by atoms with Gasteiger partial charge in [-0.15, -0.1) is 0 Å². The molecule has 26 heavy (non-hydrogen) atoms. The average molecular weight is 353 g/mol. The number of ether oxygens (including phenoxy) is 1. The summed E-state index contributed by atoms with van der Waals surface area (Å²) < 4.78 is 19.0. The molecule has 0 aliphatic carbocycles. The van der Waals surface area contributed by atoms with Gasteiger partial charge in [0.05, 0.1) is 13.7 Å². The molecule has 2 aromatic rings. The monoisotopic (exact) mass is 353 g/mol. The Kier molecular flexibility index (Phi) is 5.68. The van der Waals surface area contributed by atoms with Crippen LogP contribution in [0.2, 0.25) is 0 Å². The first-order valence-corrected chi connectivity index (χ1v) is 8.23. The van der Waals surface area contributed by atoms with E-state index in [-0.39, 0.29) is 5.82 Å². The molecule has 1 saturated heterocycles. The van der Waals surface area contributed by atoms with Crippen molar-refractivity contribution in [1.82, 2.24) is 9.97 Å². The van der Waals surface area contributed by atoms with Crippen molar-refractivity contribution in [1.29, 1.82) is 0 Å². The first-order chi connectivity index (χ1) is 12.7. The average Bonchev–Trinajstić information content (AvgIpc) is 2.67. The smallest absolute Gasteiger partial charge is 0.149 e. The lowest BCUT2D eigenvalue weighted by Crippen LogP contribution is -2.36. The second-order valence-corrected chi connectivity index (χ2v) is 5.79. The number of benzene rings is 1. The molecule has 2 heterocycles. The molecule has 1 fully saturated rings. The SMILES string of the molecule is C=N/C=C1/CN(c2cc(F)cc(OC)c2)CCC1=NCc1ncccn1. The Morgan fingerprint density at radius 2 is 2.12 bits per heavy atom. The molecule has 0 unspecified atom stereocenters. The summed E-state index contributed by atoms with van der Waals surface area (Å²) in [6, 6.07) is 6.46. The summed E-state index contributed by atoms with van der Waals surface area (Å²) in [5, 5.41) is 0. The topological polar surface area (TPSA) is 63.0 Å². The fourth-order valence-electron chi connectivity index (χ4n) is 2.83. The van der Waals surface area contributed by atoms with Crippen LogP contribution in [0.4, 0.5) is 10.1 Å². The van der Waals surface area contributed by atoms with Crippen molar-refractivity contribution < 1.29 is 9.13 Å². The van der Waals surface area contributed by atoms with Crippen molar-refractivity contribution in [2.75, 3.05) is 25.1 Å². The molecule has 0 amide bonds. The van der Waals surface area contributed by atoms with Crippen LogP contribution >= 0.6 is 0 Å². The Labute approximate surface area is 151 Å². The number of rotatable bonds is 5. The zero-order valence-corrected chi connectivity index (χ0v) is 14.6. The highest BCUT2D eigenvalue weighted by atomic mass is 19.1. The maximum Gasteiger partial charge on any atom is 0.149 e. The molecule has 0 bridgehead atoms. The number of nitrogens with zero attached hydrogens (tertiary/aromatic N) is 5. The van der Waals surface area contributed by atoms with Crippen molar-refractivity contribution in [2.45, 2.75) is 13.0 Å². The van der Waals surface area contributed by atoms with Crippen LogP contribution in [0, 0.1) is 5.82 Å². The molecule has 0 N–H and O–H groups in total. The second-order valence-electron chi connectivity index (χ2n) is 5.79. The van der Waals surface area contributed by atoms with Gasteiger partial charge >= 0.3 is 0 Å². The number of hydrogen-bond donors (Lipinski definition) is 0. The molecule has 0 spiro atoms. The van der Waals surface area contributed by atoms with Gasteiger partial charge in [0.1, 0.15) is 17.4 Å². The van der Waals surface area contributed by atoms with Gasteiger partial charge < -0.3 is 9.64 Å². The van der Waals surface area contributed by atoms with Gasteiger partial charge in [-0.2, -0.15) is 0 Å². The second kappa shape index (κ2) is 8.33. The molecule has 0 atom stereocenters. The number of piperidine rings is 1. The zero-order valence-electron chi connectivity index (χ0n) is 14.6. The lowest BCUT2D eigenvalue weighted by molar-refractivity contribution is 0.411. The van der Waals surface area contributed by atoms with E-state index >= 15 is 0 Å². The third-order valence-corrected chi connectivity index (χ3v) is 4.09. The van der Waals surface area contributed by atoms with Crippen LogP contribution < -0.4 is 9.64 Å². The Hall–Kier alpha value is -3.09. The standard InChI is InChI=1S/C19H20FN5O/c1-21-11-14-13-25(16-8-15(20)9-17(10-16)26-2)7-4-18(14)24-12-19-22-5-3-6-23-19/h3,5-6,8-11H,1,4,7,12-13H2,2H3/b14-11-,24-18?. The summed E-state index contributed by atoms with van der Waals surface area (Å²) in [5.41, 5.74) is 2.66. The summed E-state index contributed by atoms with van der Waals surface area (Å²) in [6.45, 7) is 5.24. The van der Waals surface area contributed by atoms with Crippen LogP contribution in [0.3, 0.4) is 0 Å². The van der Waals surface area contributed by atoms with Gasteiger partial charge in [0, 0.05) is 67.2 Å². The molecular formula is C19H20FN5O. The lowest BCUT2D eigenvalue weighted by atomic mass is 10.0. The molecule has 7 heteroatoms. The number of aliphatic imine (C=N–C) groups is 2. The molecule has 0 saturated carbocycles. The Morgan fingerprint density at radius 1 is 1.31 bits per heavy atom. The van der Waals surface area contributed by atoms with Crippen molar-refractivity contribution in [2.24, 2.45) is 9.98 Å². The van der Waals surface area contributed by atoms with Gasteiger partial charge in [-0.25, -0.2) is 14.4 Å². The predicted octanol–water partition coefficient (Wildman–Crippen LogP) is 3.06. The zero-order chi connectivity index (χ0) is 18.4. The summed E-state index contributed by atoms with van der Waals surface area (Å²) >= 11 is 0. The van der Waals surface area contributed by atoms with E-state index < -0.39 is 0 Å². The summed E-state index contributed by atoms with van der Waals surface area (Å²) in [6.07, 6.45) is 5.81. The summed E-state index contributed by atoms with van der Waals surface area (Å²) in [7, 11) is 1.53. The van der Waals surface area contributed by atoms with E-state index in [9.17, 15) is 4.39 Å². The van der Waals surface area contributed by atoms with E-state index in [1.54, 1.807) is 24.7 Å². The van der Waals surface area contributed by atoms with Gasteiger partial charge in [-0.3, -0.25) is 9.98 Å².